The van der Waals surface area contributed by atoms with Crippen molar-refractivity contribution in [2.45, 2.75) is 58.5 Å². The van der Waals surface area contributed by atoms with Crippen LogP contribution in [0.25, 0.3) is 5.57 Å². The van der Waals surface area contributed by atoms with Gasteiger partial charge in [0.2, 0.25) is 0 Å². The summed E-state index contributed by atoms with van der Waals surface area (Å²) < 4.78 is 0. The molecule has 0 aromatic heterocycles. The van der Waals surface area contributed by atoms with Gasteiger partial charge in [0.15, 0.2) is 5.78 Å². The highest BCUT2D eigenvalue weighted by atomic mass is 16.3. The van der Waals surface area contributed by atoms with E-state index in [0.29, 0.717) is 23.0 Å². The summed E-state index contributed by atoms with van der Waals surface area (Å²) in [4.78, 5) is 12.8. The Balaban J connectivity index is 2.07. The zero-order chi connectivity index (χ0) is 16.9. The summed E-state index contributed by atoms with van der Waals surface area (Å²) >= 11 is 0. The average Bonchev–Trinajstić information content (AvgIpc) is 2.96. The molecule has 0 saturated heterocycles. The zero-order valence-corrected chi connectivity index (χ0v) is 14.3. The van der Waals surface area contributed by atoms with Gasteiger partial charge < -0.3 is 10.2 Å². The smallest absolute Gasteiger partial charge is 0.195 e. The molecule has 3 atom stereocenters. The van der Waals surface area contributed by atoms with Crippen molar-refractivity contribution in [2.75, 3.05) is 0 Å². The first-order valence-electron chi connectivity index (χ1n) is 8.42. The lowest BCUT2D eigenvalue weighted by Gasteiger charge is -2.21. The van der Waals surface area contributed by atoms with E-state index in [4.69, 9.17) is 0 Å². The predicted molar refractivity (Wildman–Crippen MR) is 89.8 cm³/mol. The van der Waals surface area contributed by atoms with Crippen LogP contribution in [0.15, 0.2) is 6.58 Å². The van der Waals surface area contributed by atoms with Crippen LogP contribution in [-0.2, 0) is 6.42 Å². The van der Waals surface area contributed by atoms with Gasteiger partial charge in [0.05, 0.1) is 0 Å². The summed E-state index contributed by atoms with van der Waals surface area (Å²) in [6.07, 6.45) is 2.14. The lowest BCUT2D eigenvalue weighted by molar-refractivity contribution is 0.0460. The number of allylic oxidation sites excluding steroid dienone is 1. The second-order valence-corrected chi connectivity index (χ2v) is 8.44. The molecule has 0 aliphatic heterocycles. The lowest BCUT2D eigenvalue weighted by atomic mass is 9.83. The van der Waals surface area contributed by atoms with Gasteiger partial charge in [-0.1, -0.05) is 20.4 Å². The van der Waals surface area contributed by atoms with E-state index in [1.807, 2.05) is 6.92 Å². The fourth-order valence-corrected chi connectivity index (χ4v) is 5.13. The molecule has 0 spiro atoms. The molecule has 0 amide bonds. The number of carbonyl (C=O) groups is 1. The number of Topliss-reactive ketones (excluding diaryl/α,β-unsaturated/α-hetero) is 1. The number of hydrogen-bond donors (Lipinski definition) is 2. The van der Waals surface area contributed by atoms with Crippen molar-refractivity contribution in [2.24, 2.45) is 11.3 Å². The van der Waals surface area contributed by atoms with E-state index >= 15 is 0 Å². The second-order valence-electron chi connectivity index (χ2n) is 8.44. The number of aliphatic hydroxyl groups is 1. The quantitative estimate of drug-likeness (QED) is 0.767. The third-order valence-electron chi connectivity index (χ3n) is 6.58. The van der Waals surface area contributed by atoms with Crippen molar-refractivity contribution in [3.8, 4) is 5.75 Å². The third kappa shape index (κ3) is 1.66. The van der Waals surface area contributed by atoms with E-state index in [2.05, 4.69) is 20.4 Å². The molecule has 0 radical (unpaired) electrons. The SMILES string of the molecule is C=C1CC[C@@H]2[C@H](c3c(C)c(O)c4c(c31)C(=O)[C@@](C)(O)C4)C2(C)C. The van der Waals surface area contributed by atoms with Gasteiger partial charge in [0.1, 0.15) is 11.4 Å². The Hall–Kier alpha value is -1.61. The first-order chi connectivity index (χ1) is 10.6. The lowest BCUT2D eigenvalue weighted by Crippen LogP contribution is -2.31. The number of hydrogen-bond acceptors (Lipinski definition) is 3. The van der Waals surface area contributed by atoms with Crippen LogP contribution in [-0.4, -0.2) is 21.6 Å². The van der Waals surface area contributed by atoms with E-state index in [-0.39, 0.29) is 23.4 Å². The Morgan fingerprint density at radius 1 is 1.22 bits per heavy atom. The standard InChI is InChI=1S/C20H24O3/c1-9-6-7-12-16(19(12,3)4)14-10(2)17(21)11-8-20(5,23)18(22)15(11)13(9)14/h12,16,21,23H,1,6-8H2,2-5H3/t12-,16-,20+/m1/s1. The largest absolute Gasteiger partial charge is 0.507 e. The number of phenols is 1. The maximum atomic E-state index is 12.8. The van der Waals surface area contributed by atoms with E-state index < -0.39 is 5.60 Å². The maximum absolute atomic E-state index is 12.8. The molecular weight excluding hydrogens is 288 g/mol. The van der Waals surface area contributed by atoms with Crippen LogP contribution in [0.2, 0.25) is 0 Å². The fourth-order valence-electron chi connectivity index (χ4n) is 5.13. The predicted octanol–water partition coefficient (Wildman–Crippen LogP) is 3.74. The molecule has 3 aliphatic rings. The number of fused-ring (bicyclic) bond motifs is 5. The zero-order valence-electron chi connectivity index (χ0n) is 14.3. The maximum Gasteiger partial charge on any atom is 0.195 e. The Morgan fingerprint density at radius 3 is 2.52 bits per heavy atom. The molecular formula is C20H24O3. The van der Waals surface area contributed by atoms with E-state index in [9.17, 15) is 15.0 Å². The van der Waals surface area contributed by atoms with Crippen molar-refractivity contribution < 1.29 is 15.0 Å². The van der Waals surface area contributed by atoms with Gasteiger partial charge in [-0.25, -0.2) is 0 Å². The molecule has 0 unspecified atom stereocenters. The molecule has 1 fully saturated rings. The molecule has 3 heteroatoms. The van der Waals surface area contributed by atoms with Crippen LogP contribution >= 0.6 is 0 Å². The molecule has 122 valence electrons. The normalized spacial score (nSPS) is 33.8. The van der Waals surface area contributed by atoms with Crippen LogP contribution in [0.4, 0.5) is 0 Å². The summed E-state index contributed by atoms with van der Waals surface area (Å²) in [5.41, 5.74) is 3.79. The van der Waals surface area contributed by atoms with Gasteiger partial charge in [-0.2, -0.15) is 0 Å². The summed E-state index contributed by atoms with van der Waals surface area (Å²) in [7, 11) is 0. The molecule has 3 aliphatic carbocycles. The summed E-state index contributed by atoms with van der Waals surface area (Å²) in [5.74, 6) is 0.873. The van der Waals surface area contributed by atoms with Gasteiger partial charge in [-0.15, -0.1) is 0 Å². The third-order valence-corrected chi connectivity index (χ3v) is 6.58. The fraction of sp³-hybridized carbons (Fsp3) is 0.550. The minimum atomic E-state index is -1.42. The highest BCUT2D eigenvalue weighted by Crippen LogP contribution is 2.70. The topological polar surface area (TPSA) is 57.5 Å². The molecule has 1 aromatic carbocycles. The molecule has 0 heterocycles. The number of benzene rings is 1. The molecule has 2 N–H and O–H groups in total. The average molecular weight is 312 g/mol. The summed E-state index contributed by atoms with van der Waals surface area (Å²) in [5, 5.41) is 21.2. The highest BCUT2D eigenvalue weighted by Gasteiger charge is 2.60. The van der Waals surface area contributed by atoms with Crippen molar-refractivity contribution in [3.63, 3.8) is 0 Å². The molecule has 1 aromatic rings. The number of aromatic hydroxyl groups is 1. The Kier molecular flexibility index (Phi) is 2.65. The first kappa shape index (κ1) is 14.9. The van der Waals surface area contributed by atoms with Crippen LogP contribution in [0.1, 0.15) is 72.1 Å². The summed E-state index contributed by atoms with van der Waals surface area (Å²) in [6.45, 7) is 12.2. The van der Waals surface area contributed by atoms with Crippen LogP contribution in [0, 0.1) is 18.3 Å². The van der Waals surface area contributed by atoms with Gasteiger partial charge in [0.25, 0.3) is 0 Å². The molecule has 0 bridgehead atoms. The molecule has 4 rings (SSSR count). The Morgan fingerprint density at radius 2 is 1.87 bits per heavy atom. The number of carbonyl (C=O) groups excluding carboxylic acids is 1. The van der Waals surface area contributed by atoms with Crippen molar-refractivity contribution in [1.82, 2.24) is 0 Å². The van der Waals surface area contributed by atoms with Crippen LogP contribution < -0.4 is 0 Å². The minimum absolute atomic E-state index is 0.186. The monoisotopic (exact) mass is 312 g/mol. The van der Waals surface area contributed by atoms with Crippen LogP contribution in [0.5, 0.6) is 5.75 Å². The number of ketones is 1. The molecule has 1 saturated carbocycles. The highest BCUT2D eigenvalue weighted by molar-refractivity contribution is 6.11. The molecule has 23 heavy (non-hydrogen) atoms. The van der Waals surface area contributed by atoms with E-state index in [1.165, 1.54) is 0 Å². The van der Waals surface area contributed by atoms with Crippen LogP contribution in [0.3, 0.4) is 0 Å². The van der Waals surface area contributed by atoms with Crippen molar-refractivity contribution >= 4 is 11.4 Å². The summed E-state index contributed by atoms with van der Waals surface area (Å²) in [6, 6.07) is 0. The van der Waals surface area contributed by atoms with Gasteiger partial charge >= 0.3 is 0 Å². The van der Waals surface area contributed by atoms with Gasteiger partial charge in [0, 0.05) is 17.5 Å². The second kappa shape index (κ2) is 4.07. The molecule has 3 nitrogen and oxygen atoms in total. The van der Waals surface area contributed by atoms with E-state index in [0.717, 1.165) is 35.1 Å². The minimum Gasteiger partial charge on any atom is -0.507 e. The van der Waals surface area contributed by atoms with E-state index in [1.54, 1.807) is 6.92 Å². The first-order valence-corrected chi connectivity index (χ1v) is 8.42. The number of phenolic OH excluding ortho intramolecular Hbond substituents is 1. The Bertz CT molecular complexity index is 783. The Labute approximate surface area is 137 Å². The van der Waals surface area contributed by atoms with Crippen molar-refractivity contribution in [1.29, 1.82) is 0 Å². The number of rotatable bonds is 0. The van der Waals surface area contributed by atoms with Gasteiger partial charge in [-0.3, -0.25) is 4.79 Å². The van der Waals surface area contributed by atoms with Gasteiger partial charge in [-0.05, 0) is 66.2 Å². The van der Waals surface area contributed by atoms with Crippen molar-refractivity contribution in [3.05, 3.63) is 34.4 Å².